The monoisotopic (exact) mass is 486 g/mol. The van der Waals surface area contributed by atoms with Gasteiger partial charge in [-0.1, -0.05) is 36.4 Å². The van der Waals surface area contributed by atoms with Crippen molar-refractivity contribution < 1.29 is 12.8 Å². The first-order valence-electron chi connectivity index (χ1n) is 10.5. The fourth-order valence-electron chi connectivity index (χ4n) is 3.68. The quantitative estimate of drug-likeness (QED) is 0.338. The van der Waals surface area contributed by atoms with Gasteiger partial charge in [0.1, 0.15) is 5.01 Å². The molecule has 7 nitrogen and oxygen atoms in total. The van der Waals surface area contributed by atoms with Gasteiger partial charge in [0.2, 0.25) is 15.9 Å². The zero-order valence-corrected chi connectivity index (χ0v) is 19.9. The van der Waals surface area contributed by atoms with Crippen LogP contribution in [0, 0.1) is 0 Å². The number of hydrogen-bond acceptors (Lipinski definition) is 8. The van der Waals surface area contributed by atoms with Crippen molar-refractivity contribution in [2.24, 2.45) is 0 Å². The summed E-state index contributed by atoms with van der Waals surface area (Å²) in [6.45, 7) is 3.19. The third kappa shape index (κ3) is 4.32. The maximum Gasteiger partial charge on any atom is 0.277 e. The van der Waals surface area contributed by atoms with Gasteiger partial charge in [-0.3, -0.25) is 0 Å². The molecule has 5 rings (SSSR count). The molecule has 0 spiro atoms. The van der Waals surface area contributed by atoms with E-state index in [2.05, 4.69) is 23.2 Å². The highest BCUT2D eigenvalue weighted by molar-refractivity contribution is 7.99. The van der Waals surface area contributed by atoms with E-state index >= 15 is 0 Å². The second kappa shape index (κ2) is 8.93. The van der Waals surface area contributed by atoms with Crippen molar-refractivity contribution in [3.8, 4) is 11.5 Å². The van der Waals surface area contributed by atoms with Crippen LogP contribution in [0.15, 0.2) is 63.1 Å². The zero-order chi connectivity index (χ0) is 22.1. The number of aromatic nitrogens is 3. The second-order valence-corrected chi connectivity index (χ2v) is 11.9. The number of thioether (sulfide) groups is 1. The van der Waals surface area contributed by atoms with Gasteiger partial charge in [-0.2, -0.15) is 4.31 Å². The molecule has 1 fully saturated rings. The largest absolute Gasteiger partial charge is 0.411 e. The van der Waals surface area contributed by atoms with Crippen LogP contribution in [0.1, 0.15) is 36.4 Å². The first kappa shape index (κ1) is 21.6. The van der Waals surface area contributed by atoms with Gasteiger partial charge in [-0.25, -0.2) is 13.4 Å². The lowest BCUT2D eigenvalue weighted by Gasteiger charge is -2.25. The van der Waals surface area contributed by atoms with E-state index < -0.39 is 10.0 Å². The molecular weight excluding hydrogens is 464 g/mol. The Labute approximate surface area is 194 Å². The molecule has 2 aromatic carbocycles. The predicted molar refractivity (Wildman–Crippen MR) is 126 cm³/mol. The summed E-state index contributed by atoms with van der Waals surface area (Å²) in [7, 11) is -3.52. The number of thiazole rings is 1. The van der Waals surface area contributed by atoms with Crippen molar-refractivity contribution in [2.75, 3.05) is 13.1 Å². The molecule has 0 N–H and O–H groups in total. The molecule has 0 saturated carbocycles. The summed E-state index contributed by atoms with van der Waals surface area (Å²) in [6, 6.07) is 14.8. The Morgan fingerprint density at radius 2 is 1.88 bits per heavy atom. The van der Waals surface area contributed by atoms with Gasteiger partial charge in [-0.15, -0.1) is 21.5 Å². The number of piperidine rings is 1. The molecule has 1 saturated heterocycles. The Hall–Kier alpha value is -2.27. The van der Waals surface area contributed by atoms with Crippen LogP contribution in [0.5, 0.6) is 0 Å². The van der Waals surface area contributed by atoms with Gasteiger partial charge in [0, 0.05) is 18.7 Å². The summed E-state index contributed by atoms with van der Waals surface area (Å²) in [6.07, 6.45) is 2.87. The summed E-state index contributed by atoms with van der Waals surface area (Å²) < 4.78 is 34.6. The molecule has 10 heteroatoms. The van der Waals surface area contributed by atoms with Crippen LogP contribution >= 0.6 is 23.1 Å². The molecule has 0 unspecified atom stereocenters. The van der Waals surface area contributed by atoms with Crippen molar-refractivity contribution in [3.63, 3.8) is 0 Å². The molecule has 0 aliphatic carbocycles. The maximum atomic E-state index is 13.0. The Morgan fingerprint density at radius 1 is 1.06 bits per heavy atom. The number of rotatable bonds is 6. The molecule has 1 atom stereocenters. The van der Waals surface area contributed by atoms with Crippen LogP contribution in [0.4, 0.5) is 0 Å². The molecule has 0 bridgehead atoms. The van der Waals surface area contributed by atoms with E-state index in [0.717, 1.165) is 34.5 Å². The van der Waals surface area contributed by atoms with E-state index in [1.807, 2.05) is 18.2 Å². The van der Waals surface area contributed by atoms with E-state index in [9.17, 15) is 8.42 Å². The minimum atomic E-state index is -3.52. The van der Waals surface area contributed by atoms with Gasteiger partial charge in [-0.05, 0) is 50.1 Å². The van der Waals surface area contributed by atoms with Crippen LogP contribution in [0.25, 0.3) is 21.7 Å². The third-order valence-electron chi connectivity index (χ3n) is 5.38. The number of fused-ring (bicyclic) bond motifs is 1. The molecule has 0 amide bonds. The minimum absolute atomic E-state index is 0.0477. The van der Waals surface area contributed by atoms with E-state index in [-0.39, 0.29) is 10.1 Å². The molecule has 4 aromatic rings. The first-order chi connectivity index (χ1) is 15.5. The summed E-state index contributed by atoms with van der Waals surface area (Å²) in [5.41, 5.74) is 1.58. The summed E-state index contributed by atoms with van der Waals surface area (Å²) in [5, 5.41) is 9.77. The van der Waals surface area contributed by atoms with Gasteiger partial charge >= 0.3 is 0 Å². The van der Waals surface area contributed by atoms with Crippen molar-refractivity contribution in [3.05, 3.63) is 53.5 Å². The summed E-state index contributed by atoms with van der Waals surface area (Å²) in [4.78, 5) is 4.95. The molecule has 1 aliphatic heterocycles. The standard InChI is InChI=1S/C22H22N4O3S3/c1-15(21-23-18-10-3-4-11-19(18)31-21)30-22-25-24-20(29-22)16-8-7-9-17(14-16)32(27,28)26-12-5-2-6-13-26/h3-4,7-11,14-15H,2,5-6,12-13H2,1H3/t15-/m1/s1. The van der Waals surface area contributed by atoms with Crippen molar-refractivity contribution >= 4 is 43.3 Å². The number of sulfonamides is 1. The van der Waals surface area contributed by atoms with Crippen molar-refractivity contribution in [1.29, 1.82) is 0 Å². The summed E-state index contributed by atoms with van der Waals surface area (Å²) >= 11 is 3.09. The average molecular weight is 487 g/mol. The van der Waals surface area contributed by atoms with Crippen LogP contribution in [-0.2, 0) is 10.0 Å². The van der Waals surface area contributed by atoms with Crippen LogP contribution < -0.4 is 0 Å². The molecular formula is C22H22N4O3S3. The smallest absolute Gasteiger partial charge is 0.277 e. The van der Waals surface area contributed by atoms with E-state index in [4.69, 9.17) is 9.40 Å². The molecule has 1 aliphatic rings. The number of para-hydroxylation sites is 1. The highest BCUT2D eigenvalue weighted by Crippen LogP contribution is 2.38. The molecule has 0 radical (unpaired) electrons. The normalized spacial score (nSPS) is 16.4. The predicted octanol–water partition coefficient (Wildman–Crippen LogP) is 5.37. The van der Waals surface area contributed by atoms with Gasteiger partial charge < -0.3 is 4.42 Å². The van der Waals surface area contributed by atoms with E-state index in [0.29, 0.717) is 29.8 Å². The van der Waals surface area contributed by atoms with E-state index in [1.54, 1.807) is 39.9 Å². The zero-order valence-electron chi connectivity index (χ0n) is 17.5. The Balaban J connectivity index is 1.34. The number of benzene rings is 2. The maximum absolute atomic E-state index is 13.0. The van der Waals surface area contributed by atoms with Gasteiger partial charge in [0.25, 0.3) is 5.22 Å². The fourth-order valence-corrected chi connectivity index (χ4v) is 7.11. The lowest BCUT2D eigenvalue weighted by atomic mass is 10.2. The second-order valence-electron chi connectivity index (χ2n) is 7.65. The third-order valence-corrected chi connectivity index (χ3v) is 9.58. The molecule has 32 heavy (non-hydrogen) atoms. The fraction of sp³-hybridized carbons (Fsp3) is 0.318. The van der Waals surface area contributed by atoms with Crippen LogP contribution in [-0.4, -0.2) is 41.0 Å². The molecule has 2 aromatic heterocycles. The summed E-state index contributed by atoms with van der Waals surface area (Å²) in [5.74, 6) is 0.305. The Bertz CT molecular complexity index is 1310. The topological polar surface area (TPSA) is 89.2 Å². The van der Waals surface area contributed by atoms with Crippen molar-refractivity contribution in [1.82, 2.24) is 19.5 Å². The van der Waals surface area contributed by atoms with Gasteiger partial charge in [0.15, 0.2) is 0 Å². The Kier molecular flexibility index (Phi) is 6.02. The SMILES string of the molecule is C[C@@H](Sc1nnc(-c2cccc(S(=O)(=O)N3CCCCC3)c2)o1)c1nc2ccccc2s1. The van der Waals surface area contributed by atoms with Crippen LogP contribution in [0.2, 0.25) is 0 Å². The first-order valence-corrected chi connectivity index (χ1v) is 13.6. The molecule has 166 valence electrons. The van der Waals surface area contributed by atoms with E-state index in [1.165, 1.54) is 11.8 Å². The highest BCUT2D eigenvalue weighted by atomic mass is 32.2. The van der Waals surface area contributed by atoms with Gasteiger partial charge in [0.05, 0.1) is 20.4 Å². The lowest BCUT2D eigenvalue weighted by Crippen LogP contribution is -2.35. The highest BCUT2D eigenvalue weighted by Gasteiger charge is 2.26. The number of hydrogen-bond donors (Lipinski definition) is 0. The van der Waals surface area contributed by atoms with Crippen molar-refractivity contribution in [2.45, 2.75) is 41.6 Å². The van der Waals surface area contributed by atoms with Crippen LogP contribution in [0.3, 0.4) is 0 Å². The Morgan fingerprint density at radius 3 is 2.69 bits per heavy atom. The molecule has 3 heterocycles. The lowest BCUT2D eigenvalue weighted by molar-refractivity contribution is 0.346. The average Bonchev–Trinajstić information content (AvgIpc) is 3.47. The number of nitrogens with zero attached hydrogens (tertiary/aromatic N) is 4. The minimum Gasteiger partial charge on any atom is -0.411 e.